The molecule has 0 bridgehead atoms. The molecular weight excluding hydrogens is 292 g/mol. The van der Waals surface area contributed by atoms with Crippen LogP contribution in [0.1, 0.15) is 0 Å². The molecule has 22 heavy (non-hydrogen) atoms. The number of ether oxygens (including phenoxy) is 3. The van der Waals surface area contributed by atoms with Gasteiger partial charge in [0.25, 0.3) is 0 Å². The Kier molecular flexibility index (Phi) is 14.9. The molecule has 0 atom stereocenters. The first-order valence-electron chi connectivity index (χ1n) is 7.28. The average molecular weight is 320 g/mol. The molecule has 0 spiro atoms. The largest absolute Gasteiger partial charge is 0.383 e. The smallest absolute Gasteiger partial charge is 0.314 e. The van der Waals surface area contributed by atoms with Gasteiger partial charge in [-0.25, -0.2) is 4.79 Å². The van der Waals surface area contributed by atoms with Gasteiger partial charge in [0.05, 0.1) is 26.4 Å². The fourth-order valence-corrected chi connectivity index (χ4v) is 1.33. The van der Waals surface area contributed by atoms with Crippen LogP contribution < -0.4 is 21.3 Å². The normalized spacial score (nSPS) is 10.3. The molecule has 0 aliphatic rings. The van der Waals surface area contributed by atoms with Crippen LogP contribution in [0.4, 0.5) is 4.79 Å². The van der Waals surface area contributed by atoms with Crippen molar-refractivity contribution in [3.8, 4) is 0 Å². The van der Waals surface area contributed by atoms with E-state index in [0.29, 0.717) is 46.1 Å². The molecule has 9 heteroatoms. The highest BCUT2D eigenvalue weighted by atomic mass is 16.5. The van der Waals surface area contributed by atoms with E-state index in [1.54, 1.807) is 7.11 Å². The van der Waals surface area contributed by atoms with Crippen molar-refractivity contribution in [3.05, 3.63) is 0 Å². The van der Waals surface area contributed by atoms with Gasteiger partial charge in [-0.15, -0.1) is 0 Å². The van der Waals surface area contributed by atoms with Gasteiger partial charge in [0.1, 0.15) is 6.61 Å². The number of hydrogen-bond acceptors (Lipinski definition) is 6. The summed E-state index contributed by atoms with van der Waals surface area (Å²) in [5, 5.41) is 10.9. The summed E-state index contributed by atoms with van der Waals surface area (Å²) in [5.74, 6) is -0.183. The number of likely N-dealkylation sites (N-methyl/N-ethyl adjacent to an activating group) is 1. The lowest BCUT2D eigenvalue weighted by Crippen LogP contribution is -2.40. The SMILES string of the molecule is CNCCNC(=O)NCCOCCOCC(=O)NCCOC. The Morgan fingerprint density at radius 1 is 0.818 bits per heavy atom. The molecule has 0 aliphatic heterocycles. The van der Waals surface area contributed by atoms with Gasteiger partial charge in [0.2, 0.25) is 5.91 Å². The van der Waals surface area contributed by atoms with E-state index < -0.39 is 0 Å². The molecule has 0 rings (SSSR count). The van der Waals surface area contributed by atoms with E-state index >= 15 is 0 Å². The fourth-order valence-electron chi connectivity index (χ4n) is 1.33. The molecule has 9 nitrogen and oxygen atoms in total. The predicted molar refractivity (Wildman–Crippen MR) is 81.9 cm³/mol. The standard InChI is InChI=1S/C13H28N4O5/c1-14-3-4-16-13(19)17-6-8-21-9-10-22-11-12(18)15-5-7-20-2/h14H,3-11H2,1-2H3,(H,15,18)(H2,16,17,19). The quantitative estimate of drug-likeness (QED) is 0.284. The molecule has 3 amide bonds. The first-order chi connectivity index (χ1) is 10.7. The van der Waals surface area contributed by atoms with Gasteiger partial charge in [0.15, 0.2) is 0 Å². The summed E-state index contributed by atoms with van der Waals surface area (Å²) < 4.78 is 15.2. The number of carbonyl (C=O) groups is 2. The summed E-state index contributed by atoms with van der Waals surface area (Å²) in [6, 6.07) is -0.220. The summed E-state index contributed by atoms with van der Waals surface area (Å²) >= 11 is 0. The summed E-state index contributed by atoms with van der Waals surface area (Å²) in [6.07, 6.45) is 0. The number of methoxy groups -OCH3 is 1. The first-order valence-corrected chi connectivity index (χ1v) is 7.28. The van der Waals surface area contributed by atoms with Crippen LogP contribution in [0.25, 0.3) is 0 Å². The van der Waals surface area contributed by atoms with Crippen molar-refractivity contribution >= 4 is 11.9 Å². The van der Waals surface area contributed by atoms with Gasteiger partial charge in [-0.05, 0) is 7.05 Å². The van der Waals surface area contributed by atoms with Crippen molar-refractivity contribution in [2.75, 3.05) is 73.4 Å². The first kappa shape index (κ1) is 20.6. The average Bonchev–Trinajstić information content (AvgIpc) is 2.50. The molecule has 0 aromatic carbocycles. The Bertz CT molecular complexity index is 264. The van der Waals surface area contributed by atoms with Crippen LogP contribution in [0, 0.1) is 0 Å². The number of carbonyl (C=O) groups excluding carboxylic acids is 2. The third-order valence-electron chi connectivity index (χ3n) is 2.43. The molecule has 0 radical (unpaired) electrons. The van der Waals surface area contributed by atoms with Crippen molar-refractivity contribution in [2.24, 2.45) is 0 Å². The van der Waals surface area contributed by atoms with E-state index in [4.69, 9.17) is 14.2 Å². The van der Waals surface area contributed by atoms with Crippen LogP contribution >= 0.6 is 0 Å². The van der Waals surface area contributed by atoms with Crippen LogP contribution in [0.2, 0.25) is 0 Å². The molecular formula is C13H28N4O5. The number of rotatable bonds is 14. The van der Waals surface area contributed by atoms with E-state index in [1.165, 1.54) is 0 Å². The van der Waals surface area contributed by atoms with Gasteiger partial charge in [-0.2, -0.15) is 0 Å². The molecule has 0 fully saturated rings. The monoisotopic (exact) mass is 320 g/mol. The maximum absolute atomic E-state index is 11.3. The lowest BCUT2D eigenvalue weighted by Gasteiger charge is -2.08. The number of urea groups is 1. The van der Waals surface area contributed by atoms with Crippen molar-refractivity contribution in [1.82, 2.24) is 21.3 Å². The number of hydrogen-bond donors (Lipinski definition) is 4. The van der Waals surface area contributed by atoms with Crippen LogP contribution in [0.15, 0.2) is 0 Å². The highest BCUT2D eigenvalue weighted by Gasteiger charge is 2.00. The third-order valence-corrected chi connectivity index (χ3v) is 2.43. The Morgan fingerprint density at radius 2 is 1.50 bits per heavy atom. The zero-order valence-electron chi connectivity index (χ0n) is 13.4. The van der Waals surface area contributed by atoms with E-state index in [9.17, 15) is 9.59 Å². The lowest BCUT2D eigenvalue weighted by molar-refractivity contribution is -0.126. The maximum atomic E-state index is 11.3. The summed E-state index contributed by atoms with van der Waals surface area (Å²) in [7, 11) is 3.39. The number of amides is 3. The van der Waals surface area contributed by atoms with Crippen LogP contribution in [-0.4, -0.2) is 85.3 Å². The maximum Gasteiger partial charge on any atom is 0.314 e. The van der Waals surface area contributed by atoms with E-state index in [-0.39, 0.29) is 18.5 Å². The molecule has 130 valence electrons. The minimum Gasteiger partial charge on any atom is -0.383 e. The number of nitrogens with one attached hydrogen (secondary N) is 4. The fraction of sp³-hybridized carbons (Fsp3) is 0.846. The van der Waals surface area contributed by atoms with Crippen molar-refractivity contribution < 1.29 is 23.8 Å². The van der Waals surface area contributed by atoms with E-state index in [1.807, 2.05) is 7.05 Å². The van der Waals surface area contributed by atoms with Gasteiger partial charge >= 0.3 is 6.03 Å². The molecule has 0 aliphatic carbocycles. The minimum atomic E-state index is -0.220. The Hall–Kier alpha value is -1.42. The van der Waals surface area contributed by atoms with Gasteiger partial charge < -0.3 is 35.5 Å². The molecule has 0 saturated carbocycles. The second-order valence-corrected chi connectivity index (χ2v) is 4.29. The Morgan fingerprint density at radius 3 is 2.23 bits per heavy atom. The van der Waals surface area contributed by atoms with Crippen molar-refractivity contribution in [3.63, 3.8) is 0 Å². The third kappa shape index (κ3) is 15.0. The van der Waals surface area contributed by atoms with Crippen LogP contribution in [0.5, 0.6) is 0 Å². The molecule has 0 unspecified atom stereocenters. The summed E-state index contributed by atoms with van der Waals surface area (Å²) in [4.78, 5) is 22.5. The van der Waals surface area contributed by atoms with Gasteiger partial charge in [-0.1, -0.05) is 0 Å². The van der Waals surface area contributed by atoms with E-state index in [0.717, 1.165) is 6.54 Å². The van der Waals surface area contributed by atoms with Gasteiger partial charge in [0, 0.05) is 33.3 Å². The highest BCUT2D eigenvalue weighted by Crippen LogP contribution is 1.79. The summed E-state index contributed by atoms with van der Waals surface area (Å²) in [5.41, 5.74) is 0. The van der Waals surface area contributed by atoms with Crippen LogP contribution in [-0.2, 0) is 19.0 Å². The Labute approximate surface area is 131 Å². The Balaban J connectivity index is 3.23. The highest BCUT2D eigenvalue weighted by molar-refractivity contribution is 5.77. The lowest BCUT2D eigenvalue weighted by atomic mass is 10.6. The zero-order chi connectivity index (χ0) is 16.5. The van der Waals surface area contributed by atoms with Crippen molar-refractivity contribution in [1.29, 1.82) is 0 Å². The van der Waals surface area contributed by atoms with Crippen LogP contribution in [0.3, 0.4) is 0 Å². The molecule has 0 heterocycles. The second-order valence-electron chi connectivity index (χ2n) is 4.29. The van der Waals surface area contributed by atoms with Crippen molar-refractivity contribution in [2.45, 2.75) is 0 Å². The zero-order valence-corrected chi connectivity index (χ0v) is 13.4. The summed E-state index contributed by atoms with van der Waals surface area (Å²) in [6.45, 7) is 3.75. The predicted octanol–water partition coefficient (Wildman–Crippen LogP) is -1.70. The molecule has 0 saturated heterocycles. The van der Waals surface area contributed by atoms with Gasteiger partial charge in [-0.3, -0.25) is 4.79 Å². The molecule has 0 aromatic rings. The second kappa shape index (κ2) is 16.0. The molecule has 4 N–H and O–H groups in total. The minimum absolute atomic E-state index is 0.000799. The molecule has 0 aromatic heterocycles. The topological polar surface area (TPSA) is 110 Å². The van der Waals surface area contributed by atoms with E-state index in [2.05, 4.69) is 21.3 Å².